The summed E-state index contributed by atoms with van der Waals surface area (Å²) in [4.78, 5) is 4.18. The van der Waals surface area contributed by atoms with Gasteiger partial charge in [-0.05, 0) is 12.1 Å². The van der Waals surface area contributed by atoms with Gasteiger partial charge in [0.1, 0.15) is 0 Å². The molecule has 0 aromatic carbocycles. The number of aromatic nitrogens is 1. The molecule has 0 spiro atoms. The molecule has 1 aromatic rings. The Morgan fingerprint density at radius 3 is 2.69 bits per heavy atom. The Labute approximate surface area is 96.3 Å². The first-order chi connectivity index (χ1) is 7.58. The minimum Gasteiger partial charge on any atom is -0.315 e. The molecule has 0 saturated heterocycles. The quantitative estimate of drug-likeness (QED) is 0.649. The van der Waals surface area contributed by atoms with Crippen molar-refractivity contribution in [3.05, 3.63) is 30.1 Å². The molecule has 0 unspecified atom stereocenters. The molecule has 0 aliphatic carbocycles. The lowest BCUT2D eigenvalue weighted by atomic mass is 10.3. The Balaban J connectivity index is 2.05. The van der Waals surface area contributed by atoms with Gasteiger partial charge in [-0.25, -0.2) is 13.1 Å². The fourth-order valence-electron chi connectivity index (χ4n) is 1.21. The minimum atomic E-state index is -3.07. The van der Waals surface area contributed by atoms with Crippen LogP contribution in [0.3, 0.4) is 0 Å². The van der Waals surface area contributed by atoms with E-state index in [9.17, 15) is 8.42 Å². The van der Waals surface area contributed by atoms with E-state index < -0.39 is 10.0 Å². The zero-order chi connectivity index (χ0) is 11.9. The first-order valence-electron chi connectivity index (χ1n) is 5.13. The second-order valence-electron chi connectivity index (χ2n) is 3.49. The van der Waals surface area contributed by atoms with Crippen molar-refractivity contribution in [2.24, 2.45) is 0 Å². The summed E-state index contributed by atoms with van der Waals surface area (Å²) in [6.45, 7) is 1.84. The monoisotopic (exact) mass is 243 g/mol. The summed E-state index contributed by atoms with van der Waals surface area (Å²) in [5.74, 6) is 0. The Morgan fingerprint density at radius 2 is 2.06 bits per heavy atom. The maximum absolute atomic E-state index is 10.7. The molecule has 6 heteroatoms. The SMILES string of the molecule is CS(=O)(=O)NCCNCCc1ccccn1. The van der Waals surface area contributed by atoms with Crippen molar-refractivity contribution in [3.63, 3.8) is 0 Å². The molecule has 1 rings (SSSR count). The second kappa shape index (κ2) is 6.57. The van der Waals surface area contributed by atoms with Crippen LogP contribution in [0.5, 0.6) is 0 Å². The number of hydrogen-bond donors (Lipinski definition) is 2. The molecule has 0 amide bonds. The van der Waals surface area contributed by atoms with Crippen molar-refractivity contribution in [1.29, 1.82) is 0 Å². The number of nitrogens with one attached hydrogen (secondary N) is 2. The Bertz CT molecular complexity index is 392. The highest BCUT2D eigenvalue weighted by Crippen LogP contribution is 1.92. The second-order valence-corrected chi connectivity index (χ2v) is 5.32. The maximum Gasteiger partial charge on any atom is 0.208 e. The van der Waals surface area contributed by atoms with Gasteiger partial charge in [-0.3, -0.25) is 4.98 Å². The third-order valence-corrected chi connectivity index (χ3v) is 2.68. The first-order valence-corrected chi connectivity index (χ1v) is 7.02. The average molecular weight is 243 g/mol. The van der Waals surface area contributed by atoms with E-state index in [0.717, 1.165) is 24.9 Å². The third-order valence-electron chi connectivity index (χ3n) is 1.95. The van der Waals surface area contributed by atoms with E-state index >= 15 is 0 Å². The van der Waals surface area contributed by atoms with Gasteiger partial charge >= 0.3 is 0 Å². The third kappa shape index (κ3) is 6.49. The molecule has 0 radical (unpaired) electrons. The van der Waals surface area contributed by atoms with Crippen LogP contribution in [0.1, 0.15) is 5.69 Å². The standard InChI is InChI=1S/C10H17N3O2S/c1-16(14,15)13-9-8-11-7-5-10-4-2-3-6-12-10/h2-4,6,11,13H,5,7-9H2,1H3. The zero-order valence-electron chi connectivity index (χ0n) is 9.31. The van der Waals surface area contributed by atoms with Gasteiger partial charge in [0.25, 0.3) is 0 Å². The number of nitrogens with zero attached hydrogens (tertiary/aromatic N) is 1. The molecular weight excluding hydrogens is 226 g/mol. The molecule has 5 nitrogen and oxygen atoms in total. The van der Waals surface area contributed by atoms with Gasteiger partial charge in [0.15, 0.2) is 0 Å². The first kappa shape index (κ1) is 13.1. The smallest absolute Gasteiger partial charge is 0.208 e. The number of pyridine rings is 1. The van der Waals surface area contributed by atoms with Gasteiger partial charge in [-0.15, -0.1) is 0 Å². The fraction of sp³-hybridized carbons (Fsp3) is 0.500. The Hall–Kier alpha value is -0.980. The summed E-state index contributed by atoms with van der Waals surface area (Å²) < 4.78 is 23.9. The van der Waals surface area contributed by atoms with Crippen molar-refractivity contribution in [2.75, 3.05) is 25.9 Å². The molecule has 0 fully saturated rings. The molecule has 2 N–H and O–H groups in total. The summed E-state index contributed by atoms with van der Waals surface area (Å²) in [6.07, 6.45) is 3.77. The van der Waals surface area contributed by atoms with E-state index in [0.29, 0.717) is 13.1 Å². The van der Waals surface area contributed by atoms with E-state index in [-0.39, 0.29) is 0 Å². The number of rotatable bonds is 7. The van der Waals surface area contributed by atoms with E-state index in [1.807, 2.05) is 18.2 Å². The lowest BCUT2D eigenvalue weighted by molar-refractivity contribution is 0.581. The van der Waals surface area contributed by atoms with E-state index in [1.54, 1.807) is 6.20 Å². The van der Waals surface area contributed by atoms with Crippen LogP contribution in [0.15, 0.2) is 24.4 Å². The molecule has 1 aromatic heterocycles. The number of hydrogen-bond acceptors (Lipinski definition) is 4. The molecular formula is C10H17N3O2S. The summed E-state index contributed by atoms with van der Waals surface area (Å²) in [7, 11) is -3.07. The fourth-order valence-corrected chi connectivity index (χ4v) is 1.69. The van der Waals surface area contributed by atoms with E-state index in [4.69, 9.17) is 0 Å². The van der Waals surface area contributed by atoms with Gasteiger partial charge in [0.05, 0.1) is 6.26 Å². The van der Waals surface area contributed by atoms with Gasteiger partial charge in [0, 0.05) is 37.9 Å². The lowest BCUT2D eigenvalue weighted by Gasteiger charge is -2.04. The van der Waals surface area contributed by atoms with Crippen LogP contribution in [0, 0.1) is 0 Å². The number of sulfonamides is 1. The summed E-state index contributed by atoms with van der Waals surface area (Å²) in [6, 6.07) is 5.80. The van der Waals surface area contributed by atoms with Crippen molar-refractivity contribution in [2.45, 2.75) is 6.42 Å². The average Bonchev–Trinajstić information content (AvgIpc) is 2.23. The molecule has 0 bridgehead atoms. The molecule has 90 valence electrons. The highest BCUT2D eigenvalue weighted by molar-refractivity contribution is 7.88. The van der Waals surface area contributed by atoms with Crippen LogP contribution < -0.4 is 10.0 Å². The highest BCUT2D eigenvalue weighted by atomic mass is 32.2. The van der Waals surface area contributed by atoms with Gasteiger partial charge in [-0.2, -0.15) is 0 Å². The summed E-state index contributed by atoms with van der Waals surface area (Å²) >= 11 is 0. The van der Waals surface area contributed by atoms with Crippen LogP contribution in [0.25, 0.3) is 0 Å². The predicted octanol–water partition coefficient (Wildman–Crippen LogP) is -0.237. The van der Waals surface area contributed by atoms with Crippen molar-refractivity contribution in [1.82, 2.24) is 15.0 Å². The van der Waals surface area contributed by atoms with Crippen LogP contribution in [-0.4, -0.2) is 39.3 Å². The Kier molecular flexibility index (Phi) is 5.37. The predicted molar refractivity (Wildman–Crippen MR) is 63.7 cm³/mol. The van der Waals surface area contributed by atoms with Crippen LogP contribution in [-0.2, 0) is 16.4 Å². The van der Waals surface area contributed by atoms with Gasteiger partial charge in [0.2, 0.25) is 10.0 Å². The van der Waals surface area contributed by atoms with E-state index in [1.165, 1.54) is 0 Å². The summed E-state index contributed by atoms with van der Waals surface area (Å²) in [5, 5.41) is 3.14. The van der Waals surface area contributed by atoms with Crippen molar-refractivity contribution >= 4 is 10.0 Å². The zero-order valence-corrected chi connectivity index (χ0v) is 10.1. The highest BCUT2D eigenvalue weighted by Gasteiger charge is 1.98. The van der Waals surface area contributed by atoms with E-state index in [2.05, 4.69) is 15.0 Å². The molecule has 0 aliphatic heterocycles. The topological polar surface area (TPSA) is 71.1 Å². The van der Waals surface area contributed by atoms with Gasteiger partial charge in [-0.1, -0.05) is 6.07 Å². The summed E-state index contributed by atoms with van der Waals surface area (Å²) in [5.41, 5.74) is 1.03. The molecule has 16 heavy (non-hydrogen) atoms. The Morgan fingerprint density at radius 1 is 1.25 bits per heavy atom. The van der Waals surface area contributed by atoms with Crippen LogP contribution >= 0.6 is 0 Å². The van der Waals surface area contributed by atoms with Crippen molar-refractivity contribution in [3.8, 4) is 0 Å². The normalized spacial score (nSPS) is 11.6. The van der Waals surface area contributed by atoms with Crippen LogP contribution in [0.2, 0.25) is 0 Å². The largest absolute Gasteiger partial charge is 0.315 e. The molecule has 0 atom stereocenters. The van der Waals surface area contributed by atoms with Crippen LogP contribution in [0.4, 0.5) is 0 Å². The maximum atomic E-state index is 10.7. The molecule has 0 aliphatic rings. The van der Waals surface area contributed by atoms with Crippen molar-refractivity contribution < 1.29 is 8.42 Å². The minimum absolute atomic E-state index is 0.418. The lowest BCUT2D eigenvalue weighted by Crippen LogP contribution is -2.31. The molecule has 1 heterocycles. The molecule has 0 saturated carbocycles. The van der Waals surface area contributed by atoms with Gasteiger partial charge < -0.3 is 5.32 Å².